The highest BCUT2D eigenvalue weighted by molar-refractivity contribution is 6.31. The highest BCUT2D eigenvalue weighted by atomic mass is 35.5. The van der Waals surface area contributed by atoms with E-state index in [1.54, 1.807) is 24.1 Å². The van der Waals surface area contributed by atoms with Crippen molar-refractivity contribution in [1.82, 2.24) is 19.8 Å². The SMILES string of the molecule is COc1cc2ncnc(Nc3ccc(F)c(Cl)c3)c2cc1OCCCN1CCC2CC(C(C)(C)C)N(C(=O)O)C2C1. The molecule has 2 N–H and O–H groups in total. The average molecular weight is 586 g/mol. The van der Waals surface area contributed by atoms with Gasteiger partial charge in [0.2, 0.25) is 0 Å². The minimum atomic E-state index is -0.814. The Bertz CT molecular complexity index is 1420. The summed E-state index contributed by atoms with van der Waals surface area (Å²) in [5.74, 6) is 1.58. The van der Waals surface area contributed by atoms with Gasteiger partial charge in [0, 0.05) is 36.3 Å². The van der Waals surface area contributed by atoms with Gasteiger partial charge in [-0.15, -0.1) is 0 Å². The number of nitrogens with one attached hydrogen (secondary N) is 1. The van der Waals surface area contributed by atoms with Crippen LogP contribution in [0.2, 0.25) is 5.02 Å². The molecule has 2 fully saturated rings. The van der Waals surface area contributed by atoms with Crippen molar-refractivity contribution >= 4 is 40.1 Å². The summed E-state index contributed by atoms with van der Waals surface area (Å²) >= 11 is 5.95. The molecule has 11 heteroatoms. The molecule has 9 nitrogen and oxygen atoms in total. The van der Waals surface area contributed by atoms with Crippen molar-refractivity contribution in [1.29, 1.82) is 0 Å². The van der Waals surface area contributed by atoms with Crippen LogP contribution in [0.25, 0.3) is 10.9 Å². The van der Waals surface area contributed by atoms with Gasteiger partial charge < -0.3 is 29.7 Å². The molecule has 2 aromatic carbocycles. The molecule has 3 atom stereocenters. The molecular weight excluding hydrogens is 549 g/mol. The van der Waals surface area contributed by atoms with E-state index < -0.39 is 11.9 Å². The quantitative estimate of drug-likeness (QED) is 0.292. The fraction of sp³-hybridized carbons (Fsp3) is 0.500. The fourth-order valence-corrected chi connectivity index (χ4v) is 6.31. The molecule has 2 saturated heterocycles. The Morgan fingerprint density at radius 3 is 2.73 bits per heavy atom. The maximum absolute atomic E-state index is 13.6. The lowest BCUT2D eigenvalue weighted by Crippen LogP contribution is -2.53. The maximum atomic E-state index is 13.6. The largest absolute Gasteiger partial charge is 0.493 e. The maximum Gasteiger partial charge on any atom is 0.407 e. The van der Waals surface area contributed by atoms with Gasteiger partial charge in [0.15, 0.2) is 11.5 Å². The Kier molecular flexibility index (Phi) is 8.42. The molecule has 1 aromatic heterocycles. The van der Waals surface area contributed by atoms with Gasteiger partial charge in [0.1, 0.15) is 18.0 Å². The second-order valence-electron chi connectivity index (χ2n) is 11.9. The van der Waals surface area contributed by atoms with Crippen molar-refractivity contribution in [2.75, 3.05) is 38.7 Å². The molecule has 3 heterocycles. The van der Waals surface area contributed by atoms with Crippen LogP contribution in [0.1, 0.15) is 40.0 Å². The molecule has 1 amide bonds. The summed E-state index contributed by atoms with van der Waals surface area (Å²) in [6.45, 7) is 9.38. The smallest absolute Gasteiger partial charge is 0.407 e. The number of ether oxygens (including phenoxy) is 2. The van der Waals surface area contributed by atoms with Gasteiger partial charge >= 0.3 is 6.09 Å². The zero-order valence-corrected chi connectivity index (χ0v) is 24.6. The highest BCUT2D eigenvalue weighted by Crippen LogP contribution is 2.43. The van der Waals surface area contributed by atoms with E-state index in [0.29, 0.717) is 46.4 Å². The van der Waals surface area contributed by atoms with Crippen LogP contribution in [0.5, 0.6) is 11.5 Å². The third-order valence-electron chi connectivity index (χ3n) is 8.22. The van der Waals surface area contributed by atoms with Crippen molar-refractivity contribution in [3.8, 4) is 11.5 Å². The van der Waals surface area contributed by atoms with Crippen molar-refractivity contribution in [3.05, 3.63) is 47.5 Å². The number of methoxy groups -OCH3 is 1. The van der Waals surface area contributed by atoms with Gasteiger partial charge in [0.05, 0.1) is 30.3 Å². The zero-order valence-electron chi connectivity index (χ0n) is 23.9. The standard InChI is InChI=1S/C30H37ClFN5O4/c1-30(2,3)27-12-18-8-10-36(16-24(18)37(27)29(38)39)9-5-11-41-26-14-20-23(15-25(26)40-4)33-17-34-28(20)35-19-6-7-22(32)21(31)13-19/h6-7,13-15,17-18,24,27H,5,8-12,16H2,1-4H3,(H,38,39)(H,33,34,35). The first kappa shape index (κ1) is 29.1. The van der Waals surface area contributed by atoms with E-state index in [2.05, 4.69) is 41.0 Å². The van der Waals surface area contributed by atoms with Gasteiger partial charge in [-0.2, -0.15) is 0 Å². The molecule has 0 saturated carbocycles. The van der Waals surface area contributed by atoms with Gasteiger partial charge in [-0.25, -0.2) is 19.2 Å². The molecule has 2 aliphatic heterocycles. The molecule has 220 valence electrons. The van der Waals surface area contributed by atoms with E-state index in [1.165, 1.54) is 18.5 Å². The lowest BCUT2D eigenvalue weighted by Gasteiger charge is -2.40. The van der Waals surface area contributed by atoms with Crippen LogP contribution in [-0.2, 0) is 0 Å². The molecule has 3 unspecified atom stereocenters. The highest BCUT2D eigenvalue weighted by Gasteiger charge is 2.49. The van der Waals surface area contributed by atoms with Crippen molar-refractivity contribution < 1.29 is 23.8 Å². The van der Waals surface area contributed by atoms with E-state index in [0.717, 1.165) is 38.9 Å². The van der Waals surface area contributed by atoms with Crippen molar-refractivity contribution in [2.24, 2.45) is 11.3 Å². The van der Waals surface area contributed by atoms with Gasteiger partial charge in [0.25, 0.3) is 0 Å². The monoisotopic (exact) mass is 585 g/mol. The molecule has 0 spiro atoms. The van der Waals surface area contributed by atoms with Crippen molar-refractivity contribution in [2.45, 2.75) is 52.1 Å². The van der Waals surface area contributed by atoms with E-state index in [9.17, 15) is 14.3 Å². The first-order valence-electron chi connectivity index (χ1n) is 14.0. The van der Waals surface area contributed by atoms with E-state index in [-0.39, 0.29) is 22.5 Å². The van der Waals surface area contributed by atoms with E-state index in [4.69, 9.17) is 21.1 Å². The first-order chi connectivity index (χ1) is 19.5. The van der Waals surface area contributed by atoms with Crippen LogP contribution in [0.4, 0.5) is 20.7 Å². The number of carbonyl (C=O) groups is 1. The topological polar surface area (TPSA) is 100 Å². The number of hydrogen-bond donors (Lipinski definition) is 2. The number of benzene rings is 2. The summed E-state index contributed by atoms with van der Waals surface area (Å²) in [4.78, 5) is 25.0. The fourth-order valence-electron chi connectivity index (χ4n) is 6.13. The van der Waals surface area contributed by atoms with E-state index >= 15 is 0 Å². The number of likely N-dealkylation sites (tertiary alicyclic amines) is 2. The van der Waals surface area contributed by atoms with Crippen LogP contribution >= 0.6 is 11.6 Å². The number of rotatable bonds is 8. The molecule has 3 aromatic rings. The van der Waals surface area contributed by atoms with Crippen LogP contribution in [-0.4, -0.2) is 76.4 Å². The number of fused-ring (bicyclic) bond motifs is 2. The summed E-state index contributed by atoms with van der Waals surface area (Å²) in [5, 5.41) is 13.9. The molecular formula is C30H37ClFN5O4. The summed E-state index contributed by atoms with van der Waals surface area (Å²) in [5.41, 5.74) is 1.17. The third kappa shape index (κ3) is 6.28. The molecule has 2 aliphatic rings. The number of amides is 1. The normalized spacial score (nSPS) is 21.1. The Morgan fingerprint density at radius 1 is 1.22 bits per heavy atom. The predicted molar refractivity (Wildman–Crippen MR) is 157 cm³/mol. The first-order valence-corrected chi connectivity index (χ1v) is 14.3. The molecule has 5 rings (SSSR count). The summed E-state index contributed by atoms with van der Waals surface area (Å²) in [7, 11) is 1.58. The summed E-state index contributed by atoms with van der Waals surface area (Å²) in [6, 6.07) is 8.09. The third-order valence-corrected chi connectivity index (χ3v) is 8.51. The van der Waals surface area contributed by atoms with E-state index in [1.807, 2.05) is 6.07 Å². The van der Waals surface area contributed by atoms with Crippen LogP contribution in [0.15, 0.2) is 36.7 Å². The lowest BCUT2D eigenvalue weighted by molar-refractivity contribution is 0.0585. The number of carboxylic acid groups (broad SMARTS) is 1. The minimum absolute atomic E-state index is 0.0147. The molecule has 0 bridgehead atoms. The summed E-state index contributed by atoms with van der Waals surface area (Å²) in [6.07, 6.45) is 3.35. The van der Waals surface area contributed by atoms with Crippen molar-refractivity contribution in [3.63, 3.8) is 0 Å². The number of nitrogens with zero attached hydrogens (tertiary/aromatic N) is 4. The average Bonchev–Trinajstić information content (AvgIpc) is 3.33. The number of hydrogen-bond acceptors (Lipinski definition) is 7. The second kappa shape index (κ2) is 11.9. The number of halogens is 2. The number of aromatic nitrogens is 2. The van der Waals surface area contributed by atoms with Crippen LogP contribution < -0.4 is 14.8 Å². The second-order valence-corrected chi connectivity index (χ2v) is 12.3. The van der Waals surface area contributed by atoms with Crippen LogP contribution in [0.3, 0.4) is 0 Å². The van der Waals surface area contributed by atoms with Crippen LogP contribution in [0, 0.1) is 17.2 Å². The summed E-state index contributed by atoms with van der Waals surface area (Å²) < 4.78 is 25.3. The number of anilines is 2. The molecule has 0 radical (unpaired) electrons. The van der Waals surface area contributed by atoms with Gasteiger partial charge in [-0.05, 0) is 61.4 Å². The molecule has 0 aliphatic carbocycles. The van der Waals surface area contributed by atoms with Gasteiger partial charge in [-0.1, -0.05) is 32.4 Å². The minimum Gasteiger partial charge on any atom is -0.493 e. The Balaban J connectivity index is 1.23. The Morgan fingerprint density at radius 2 is 2.02 bits per heavy atom. The predicted octanol–water partition coefficient (Wildman–Crippen LogP) is 6.43. The number of piperidine rings is 1. The Labute approximate surface area is 244 Å². The zero-order chi connectivity index (χ0) is 29.3. The molecule has 41 heavy (non-hydrogen) atoms. The van der Waals surface area contributed by atoms with Gasteiger partial charge in [-0.3, -0.25) is 0 Å². The lowest BCUT2D eigenvalue weighted by atomic mass is 9.82. The Hall–Kier alpha value is -3.37.